The van der Waals surface area contributed by atoms with Crippen molar-refractivity contribution in [3.8, 4) is 5.75 Å². The van der Waals surface area contributed by atoms with Crippen LogP contribution in [0.1, 0.15) is 10.4 Å². The van der Waals surface area contributed by atoms with Crippen LogP contribution in [0.3, 0.4) is 0 Å². The highest BCUT2D eigenvalue weighted by Crippen LogP contribution is 2.26. The van der Waals surface area contributed by atoms with Gasteiger partial charge < -0.3 is 20.3 Å². The number of rotatable bonds is 2. The van der Waals surface area contributed by atoms with Gasteiger partial charge in [-0.25, -0.2) is 9.18 Å². The predicted molar refractivity (Wildman–Crippen MR) is 87.9 cm³/mol. The van der Waals surface area contributed by atoms with Crippen molar-refractivity contribution in [2.45, 2.75) is 0 Å². The average Bonchev–Trinajstić information content (AvgIpc) is 2.70. The van der Waals surface area contributed by atoms with Gasteiger partial charge in [0, 0.05) is 12.7 Å². The van der Waals surface area contributed by atoms with E-state index in [-0.39, 0.29) is 11.6 Å². The van der Waals surface area contributed by atoms with Crippen LogP contribution in [0.4, 0.5) is 20.6 Å². The minimum Gasteiger partial charge on any atom is -0.491 e. The Kier molecular flexibility index (Phi) is 4.33. The van der Waals surface area contributed by atoms with Gasteiger partial charge in [0.2, 0.25) is 0 Å². The molecule has 2 aromatic carbocycles. The van der Waals surface area contributed by atoms with Crippen LogP contribution in [-0.4, -0.2) is 37.0 Å². The number of ether oxygens (including phenoxy) is 1. The zero-order valence-corrected chi connectivity index (χ0v) is 13.0. The maximum absolute atomic E-state index is 13.5. The summed E-state index contributed by atoms with van der Waals surface area (Å²) in [6.07, 6.45) is 0. The van der Waals surface area contributed by atoms with Crippen LogP contribution in [0.25, 0.3) is 0 Å². The number of halogens is 1. The fourth-order valence-electron chi connectivity index (χ4n) is 2.35. The second-order valence-corrected chi connectivity index (χ2v) is 5.35. The Morgan fingerprint density at radius 3 is 2.79 bits per heavy atom. The van der Waals surface area contributed by atoms with E-state index in [4.69, 9.17) is 4.74 Å². The third-order valence-electron chi connectivity index (χ3n) is 3.62. The summed E-state index contributed by atoms with van der Waals surface area (Å²) in [7, 11) is 1.69. The molecule has 24 heavy (non-hydrogen) atoms. The lowest BCUT2D eigenvalue weighted by Crippen LogP contribution is -2.28. The van der Waals surface area contributed by atoms with E-state index in [1.807, 2.05) is 0 Å². The third-order valence-corrected chi connectivity index (χ3v) is 3.62. The van der Waals surface area contributed by atoms with Gasteiger partial charge in [-0.2, -0.15) is 0 Å². The Bertz CT molecular complexity index is 794. The Morgan fingerprint density at radius 2 is 2.00 bits per heavy atom. The van der Waals surface area contributed by atoms with Crippen LogP contribution in [0.5, 0.6) is 5.75 Å². The average molecular weight is 329 g/mol. The summed E-state index contributed by atoms with van der Waals surface area (Å²) in [6.45, 7) is 0.903. The van der Waals surface area contributed by atoms with Gasteiger partial charge in [0.05, 0.1) is 17.8 Å². The van der Waals surface area contributed by atoms with Crippen LogP contribution in [0, 0.1) is 5.82 Å². The van der Waals surface area contributed by atoms with Gasteiger partial charge in [-0.05, 0) is 30.3 Å². The van der Waals surface area contributed by atoms with E-state index < -0.39 is 11.8 Å². The second kappa shape index (κ2) is 6.57. The van der Waals surface area contributed by atoms with Crippen molar-refractivity contribution in [1.29, 1.82) is 0 Å². The summed E-state index contributed by atoms with van der Waals surface area (Å²) in [5.41, 5.74) is 0.859. The molecule has 0 saturated carbocycles. The second-order valence-electron chi connectivity index (χ2n) is 5.35. The molecule has 2 aromatic rings. The van der Waals surface area contributed by atoms with Crippen LogP contribution >= 0.6 is 0 Å². The summed E-state index contributed by atoms with van der Waals surface area (Å²) >= 11 is 0. The van der Waals surface area contributed by atoms with Crippen molar-refractivity contribution in [3.63, 3.8) is 0 Å². The first-order valence-corrected chi connectivity index (χ1v) is 7.39. The molecule has 0 unspecified atom stereocenters. The molecule has 0 radical (unpaired) electrons. The number of nitrogens with zero attached hydrogens (tertiary/aromatic N) is 1. The molecule has 0 aromatic heterocycles. The maximum Gasteiger partial charge on any atom is 0.323 e. The van der Waals surface area contributed by atoms with Crippen molar-refractivity contribution in [1.82, 2.24) is 4.90 Å². The first kappa shape index (κ1) is 15.8. The number of anilines is 2. The summed E-state index contributed by atoms with van der Waals surface area (Å²) < 4.78 is 19.1. The number of hydrogen-bond acceptors (Lipinski definition) is 3. The lowest BCUT2D eigenvalue weighted by Gasteiger charge is -2.13. The first-order chi connectivity index (χ1) is 11.5. The van der Waals surface area contributed by atoms with Gasteiger partial charge in [0.1, 0.15) is 18.2 Å². The number of fused-ring (bicyclic) bond motifs is 1. The van der Waals surface area contributed by atoms with Gasteiger partial charge in [-0.15, -0.1) is 0 Å². The molecule has 6 nitrogen and oxygen atoms in total. The van der Waals surface area contributed by atoms with Crippen LogP contribution < -0.4 is 15.4 Å². The maximum atomic E-state index is 13.5. The van der Waals surface area contributed by atoms with Crippen LogP contribution in [0.2, 0.25) is 0 Å². The molecular formula is C17H16FN3O3. The number of hydrogen-bond donors (Lipinski definition) is 2. The molecule has 2 N–H and O–H groups in total. The van der Waals surface area contributed by atoms with Crippen molar-refractivity contribution >= 4 is 23.3 Å². The van der Waals surface area contributed by atoms with E-state index in [1.165, 1.54) is 18.2 Å². The Labute approximate surface area is 138 Å². The lowest BCUT2D eigenvalue weighted by molar-refractivity contribution is 0.0796. The van der Waals surface area contributed by atoms with Gasteiger partial charge in [-0.3, -0.25) is 4.79 Å². The largest absolute Gasteiger partial charge is 0.491 e. The molecule has 3 amide bonds. The minimum absolute atomic E-state index is 0.0731. The third kappa shape index (κ3) is 3.29. The highest BCUT2D eigenvalue weighted by molar-refractivity contribution is 6.02. The van der Waals surface area contributed by atoms with E-state index in [2.05, 4.69) is 10.6 Å². The fourth-order valence-corrected chi connectivity index (χ4v) is 2.35. The number of urea groups is 1. The first-order valence-electron chi connectivity index (χ1n) is 7.39. The summed E-state index contributed by atoms with van der Waals surface area (Å²) in [6, 6.07) is 10.1. The Hall–Kier alpha value is -3.09. The van der Waals surface area contributed by atoms with E-state index in [0.29, 0.717) is 30.2 Å². The Balaban J connectivity index is 1.76. The van der Waals surface area contributed by atoms with Crippen molar-refractivity contribution < 1.29 is 18.7 Å². The van der Waals surface area contributed by atoms with Gasteiger partial charge >= 0.3 is 6.03 Å². The molecule has 0 saturated heterocycles. The number of carbonyl (C=O) groups is 2. The zero-order valence-electron chi connectivity index (χ0n) is 13.0. The molecule has 124 valence electrons. The molecule has 0 atom stereocenters. The van der Waals surface area contributed by atoms with E-state index >= 15 is 0 Å². The summed E-state index contributed by atoms with van der Waals surface area (Å²) in [5.74, 6) is -0.232. The molecule has 1 aliphatic rings. The molecular weight excluding hydrogens is 313 g/mol. The van der Waals surface area contributed by atoms with Crippen LogP contribution in [0.15, 0.2) is 42.5 Å². The van der Waals surface area contributed by atoms with Crippen molar-refractivity contribution in [2.24, 2.45) is 0 Å². The molecule has 0 bridgehead atoms. The quantitative estimate of drug-likeness (QED) is 0.890. The van der Waals surface area contributed by atoms with Crippen molar-refractivity contribution in [2.75, 3.05) is 30.8 Å². The number of carbonyl (C=O) groups excluding carboxylic acids is 2. The number of likely N-dealkylation sites (N-methyl/N-ethyl adjacent to an activating group) is 1. The van der Waals surface area contributed by atoms with Crippen LogP contribution in [-0.2, 0) is 0 Å². The van der Waals surface area contributed by atoms with Gasteiger partial charge in [0.15, 0.2) is 0 Å². The smallest absolute Gasteiger partial charge is 0.323 e. The Morgan fingerprint density at radius 1 is 1.21 bits per heavy atom. The van der Waals surface area contributed by atoms with Gasteiger partial charge in [-0.1, -0.05) is 12.1 Å². The van der Waals surface area contributed by atoms with E-state index in [9.17, 15) is 14.0 Å². The number of benzene rings is 2. The normalized spacial score (nSPS) is 13.6. The summed E-state index contributed by atoms with van der Waals surface area (Å²) in [5, 5.41) is 5.00. The monoisotopic (exact) mass is 329 g/mol. The molecule has 0 aliphatic carbocycles. The fraction of sp³-hybridized carbons (Fsp3) is 0.176. The lowest BCUT2D eigenvalue weighted by atomic mass is 10.1. The minimum atomic E-state index is -0.601. The molecule has 0 spiro atoms. The topological polar surface area (TPSA) is 70.7 Å². The number of para-hydroxylation sites is 1. The molecule has 0 fully saturated rings. The zero-order chi connectivity index (χ0) is 17.1. The summed E-state index contributed by atoms with van der Waals surface area (Å²) in [4.78, 5) is 25.8. The van der Waals surface area contributed by atoms with E-state index in [0.717, 1.165) is 0 Å². The van der Waals surface area contributed by atoms with Gasteiger partial charge in [0.25, 0.3) is 5.91 Å². The highest BCUT2D eigenvalue weighted by atomic mass is 19.1. The molecule has 3 rings (SSSR count). The SMILES string of the molecule is CN1CCOc2ccc(NC(=O)Nc3ccccc3F)cc2C1=O. The predicted octanol–water partition coefficient (Wildman–Crippen LogP) is 2.93. The molecule has 7 heteroatoms. The highest BCUT2D eigenvalue weighted by Gasteiger charge is 2.21. The number of nitrogens with one attached hydrogen (secondary N) is 2. The number of amides is 3. The van der Waals surface area contributed by atoms with Crippen molar-refractivity contribution in [3.05, 3.63) is 53.8 Å². The standard InChI is InChI=1S/C17H16FN3O3/c1-21-8-9-24-15-7-6-11(10-12(15)16(21)22)19-17(23)20-14-5-3-2-4-13(14)18/h2-7,10H,8-9H2,1H3,(H2,19,20,23). The molecule has 1 aliphatic heterocycles. The molecule has 1 heterocycles. The van der Waals surface area contributed by atoms with E-state index in [1.54, 1.807) is 36.2 Å².